The zero-order valence-electron chi connectivity index (χ0n) is 20.5. The second-order valence-corrected chi connectivity index (χ2v) is 9.17. The lowest BCUT2D eigenvalue weighted by Crippen LogP contribution is -2.35. The first kappa shape index (κ1) is 23.9. The molecule has 0 saturated carbocycles. The van der Waals surface area contributed by atoms with E-state index in [4.69, 9.17) is 4.74 Å². The van der Waals surface area contributed by atoms with Crippen LogP contribution in [0.25, 0.3) is 33.3 Å². The molecule has 1 saturated heterocycles. The SMILES string of the molecule is O=C(Nc1ccc(-c2ccccc2F)nc1)c1n[nH]c2ccc(-c3cncc(CN4CCOCC4)c3)cc12. The highest BCUT2D eigenvalue weighted by Crippen LogP contribution is 2.27. The largest absolute Gasteiger partial charge is 0.379 e. The molecule has 38 heavy (non-hydrogen) atoms. The molecule has 190 valence electrons. The number of nitrogens with zero attached hydrogens (tertiary/aromatic N) is 4. The molecule has 0 aliphatic carbocycles. The number of aromatic amines is 1. The van der Waals surface area contributed by atoms with Gasteiger partial charge in [0.1, 0.15) is 5.82 Å². The van der Waals surface area contributed by atoms with Crippen molar-refractivity contribution in [2.45, 2.75) is 6.54 Å². The zero-order chi connectivity index (χ0) is 25.9. The Morgan fingerprint density at radius 1 is 1.00 bits per heavy atom. The van der Waals surface area contributed by atoms with Crippen molar-refractivity contribution < 1.29 is 13.9 Å². The molecule has 5 aromatic rings. The molecule has 1 amide bonds. The van der Waals surface area contributed by atoms with Gasteiger partial charge in [-0.25, -0.2) is 4.39 Å². The monoisotopic (exact) mass is 508 g/mol. The number of hydrogen-bond donors (Lipinski definition) is 2. The third kappa shape index (κ3) is 5.02. The van der Waals surface area contributed by atoms with Crippen LogP contribution in [0.15, 0.2) is 79.3 Å². The number of carbonyl (C=O) groups is 1. The van der Waals surface area contributed by atoms with Crippen molar-refractivity contribution in [2.75, 3.05) is 31.6 Å². The molecule has 1 aliphatic rings. The maximum atomic E-state index is 14.1. The van der Waals surface area contributed by atoms with Crippen LogP contribution in [0.4, 0.5) is 10.1 Å². The van der Waals surface area contributed by atoms with Crippen LogP contribution in [0.2, 0.25) is 0 Å². The van der Waals surface area contributed by atoms with E-state index in [-0.39, 0.29) is 17.4 Å². The second kappa shape index (κ2) is 10.5. The number of morpholine rings is 1. The molecule has 1 fully saturated rings. The van der Waals surface area contributed by atoms with Gasteiger partial charge in [-0.15, -0.1) is 0 Å². The van der Waals surface area contributed by atoms with E-state index in [9.17, 15) is 9.18 Å². The lowest BCUT2D eigenvalue weighted by molar-refractivity contribution is 0.0341. The number of anilines is 1. The summed E-state index contributed by atoms with van der Waals surface area (Å²) in [4.78, 5) is 24.2. The molecule has 9 heteroatoms. The van der Waals surface area contributed by atoms with Gasteiger partial charge in [-0.1, -0.05) is 18.2 Å². The molecule has 6 rings (SSSR count). The second-order valence-electron chi connectivity index (χ2n) is 9.17. The number of H-pyrrole nitrogens is 1. The molecule has 2 aromatic carbocycles. The summed E-state index contributed by atoms with van der Waals surface area (Å²) >= 11 is 0. The first-order valence-electron chi connectivity index (χ1n) is 12.4. The van der Waals surface area contributed by atoms with Crippen molar-refractivity contribution in [3.05, 3.63) is 96.3 Å². The quantitative estimate of drug-likeness (QED) is 0.338. The van der Waals surface area contributed by atoms with Crippen molar-refractivity contribution in [3.8, 4) is 22.4 Å². The molecule has 0 radical (unpaired) electrons. The molecule has 0 spiro atoms. The van der Waals surface area contributed by atoms with E-state index in [0.717, 1.165) is 55.1 Å². The van der Waals surface area contributed by atoms with Crippen LogP contribution >= 0.6 is 0 Å². The number of aromatic nitrogens is 4. The van der Waals surface area contributed by atoms with Crippen LogP contribution < -0.4 is 5.32 Å². The van der Waals surface area contributed by atoms with E-state index in [0.29, 0.717) is 22.3 Å². The minimum atomic E-state index is -0.368. The van der Waals surface area contributed by atoms with Gasteiger partial charge in [0.05, 0.1) is 36.3 Å². The van der Waals surface area contributed by atoms with Gasteiger partial charge in [-0.3, -0.25) is 24.8 Å². The van der Waals surface area contributed by atoms with E-state index in [1.165, 1.54) is 12.3 Å². The van der Waals surface area contributed by atoms with Gasteiger partial charge in [0.25, 0.3) is 5.91 Å². The van der Waals surface area contributed by atoms with Crippen molar-refractivity contribution in [2.24, 2.45) is 0 Å². The highest BCUT2D eigenvalue weighted by molar-refractivity contribution is 6.11. The molecule has 0 atom stereocenters. The van der Waals surface area contributed by atoms with Crippen LogP contribution in [-0.4, -0.2) is 57.3 Å². The summed E-state index contributed by atoms with van der Waals surface area (Å²) in [5.41, 5.74) is 5.45. The number of nitrogens with one attached hydrogen (secondary N) is 2. The molecule has 0 bridgehead atoms. The Morgan fingerprint density at radius 2 is 1.87 bits per heavy atom. The molecule has 4 heterocycles. The van der Waals surface area contributed by atoms with Crippen LogP contribution in [0.3, 0.4) is 0 Å². The highest BCUT2D eigenvalue weighted by Gasteiger charge is 2.17. The Balaban J connectivity index is 1.21. The molecule has 0 unspecified atom stereocenters. The molecular formula is C29H25FN6O2. The smallest absolute Gasteiger partial charge is 0.276 e. The van der Waals surface area contributed by atoms with Gasteiger partial charge in [-0.2, -0.15) is 5.10 Å². The lowest BCUT2D eigenvalue weighted by Gasteiger charge is -2.26. The van der Waals surface area contributed by atoms with Gasteiger partial charge < -0.3 is 10.1 Å². The fourth-order valence-electron chi connectivity index (χ4n) is 4.60. The van der Waals surface area contributed by atoms with Gasteiger partial charge in [-0.05, 0) is 53.6 Å². The minimum Gasteiger partial charge on any atom is -0.379 e. The van der Waals surface area contributed by atoms with Gasteiger partial charge in [0, 0.05) is 48.5 Å². The summed E-state index contributed by atoms with van der Waals surface area (Å²) in [7, 11) is 0. The number of rotatable bonds is 6. The number of ether oxygens (including phenoxy) is 1. The predicted octanol–water partition coefficient (Wildman–Crippen LogP) is 4.91. The fourth-order valence-corrected chi connectivity index (χ4v) is 4.60. The predicted molar refractivity (Wildman–Crippen MR) is 143 cm³/mol. The topological polar surface area (TPSA) is 96.0 Å². The van der Waals surface area contributed by atoms with Crippen molar-refractivity contribution >= 4 is 22.5 Å². The summed E-state index contributed by atoms with van der Waals surface area (Å²) in [6.45, 7) is 4.13. The van der Waals surface area contributed by atoms with Gasteiger partial charge in [0.2, 0.25) is 0 Å². The van der Waals surface area contributed by atoms with Crippen LogP contribution in [-0.2, 0) is 11.3 Å². The van der Waals surface area contributed by atoms with Crippen molar-refractivity contribution in [3.63, 3.8) is 0 Å². The third-order valence-electron chi connectivity index (χ3n) is 6.59. The summed E-state index contributed by atoms with van der Waals surface area (Å²) in [6.07, 6.45) is 5.22. The highest BCUT2D eigenvalue weighted by atomic mass is 19.1. The van der Waals surface area contributed by atoms with Crippen molar-refractivity contribution in [1.82, 2.24) is 25.1 Å². The van der Waals surface area contributed by atoms with Crippen molar-refractivity contribution in [1.29, 1.82) is 0 Å². The number of hydrogen-bond acceptors (Lipinski definition) is 6. The average Bonchev–Trinajstić information content (AvgIpc) is 3.38. The first-order chi connectivity index (χ1) is 18.6. The summed E-state index contributed by atoms with van der Waals surface area (Å²) in [5, 5.41) is 10.7. The van der Waals surface area contributed by atoms with E-state index in [1.54, 1.807) is 30.3 Å². The van der Waals surface area contributed by atoms with E-state index >= 15 is 0 Å². The van der Waals surface area contributed by atoms with E-state index in [1.807, 2.05) is 30.6 Å². The summed E-state index contributed by atoms with van der Waals surface area (Å²) < 4.78 is 19.5. The lowest BCUT2D eigenvalue weighted by atomic mass is 10.0. The maximum absolute atomic E-state index is 14.1. The van der Waals surface area contributed by atoms with Gasteiger partial charge >= 0.3 is 0 Å². The standard InChI is InChI=1S/C29H25FN6O2/c30-25-4-2-1-3-23(25)26-8-6-22(17-32-26)33-29(37)28-24-14-20(5-7-27(24)34-35-28)21-13-19(15-31-16-21)18-36-9-11-38-12-10-36/h1-8,13-17H,9-12,18H2,(H,33,37)(H,34,35). The number of amides is 1. The van der Waals surface area contributed by atoms with Crippen LogP contribution in [0.1, 0.15) is 16.1 Å². The number of halogens is 1. The number of fused-ring (bicyclic) bond motifs is 1. The number of pyridine rings is 2. The first-order valence-corrected chi connectivity index (χ1v) is 12.4. The van der Waals surface area contributed by atoms with Gasteiger partial charge in [0.15, 0.2) is 5.69 Å². The van der Waals surface area contributed by atoms with E-state index < -0.39 is 0 Å². The molecular weight excluding hydrogens is 483 g/mol. The fraction of sp³-hybridized carbons (Fsp3) is 0.172. The molecule has 2 N–H and O–H groups in total. The van der Waals surface area contributed by atoms with Crippen LogP contribution in [0, 0.1) is 5.82 Å². The molecule has 8 nitrogen and oxygen atoms in total. The summed E-state index contributed by atoms with van der Waals surface area (Å²) in [5.74, 6) is -0.717. The zero-order valence-corrected chi connectivity index (χ0v) is 20.5. The normalized spacial score (nSPS) is 14.0. The Labute approximate surface area is 218 Å². The van der Waals surface area contributed by atoms with Crippen LogP contribution in [0.5, 0.6) is 0 Å². The molecule has 1 aliphatic heterocycles. The number of carbonyl (C=O) groups excluding carboxylic acids is 1. The Kier molecular flexibility index (Phi) is 6.60. The Hall–Kier alpha value is -4.47. The Morgan fingerprint density at radius 3 is 2.68 bits per heavy atom. The number of benzene rings is 2. The summed E-state index contributed by atoms with van der Waals surface area (Å²) in [6, 6.07) is 17.8. The Bertz CT molecular complexity index is 1590. The third-order valence-corrected chi connectivity index (χ3v) is 6.59. The maximum Gasteiger partial charge on any atom is 0.276 e. The minimum absolute atomic E-state index is 0.275. The molecule has 3 aromatic heterocycles. The van der Waals surface area contributed by atoms with E-state index in [2.05, 4.69) is 36.4 Å². The average molecular weight is 509 g/mol.